The Labute approximate surface area is 157 Å². The largest absolute Gasteiger partial charge is 0.494 e. The number of benzene rings is 2. The Morgan fingerprint density at radius 2 is 1.81 bits per heavy atom. The molecule has 0 radical (unpaired) electrons. The van der Waals surface area contributed by atoms with Gasteiger partial charge in [0.05, 0.1) is 12.3 Å². The second-order valence-electron chi connectivity index (χ2n) is 5.95. The average molecular weight is 364 g/mol. The molecule has 2 aromatic rings. The van der Waals surface area contributed by atoms with Gasteiger partial charge in [0, 0.05) is 0 Å². The summed E-state index contributed by atoms with van der Waals surface area (Å²) >= 11 is 0. The number of urea groups is 1. The van der Waals surface area contributed by atoms with Crippen LogP contribution >= 0.6 is 0 Å². The lowest BCUT2D eigenvalue weighted by atomic mass is 10.0. The normalized spacial score (nSPS) is 15.9. The van der Waals surface area contributed by atoms with E-state index in [1.165, 1.54) is 6.08 Å². The maximum atomic E-state index is 13.0. The lowest BCUT2D eigenvalue weighted by Crippen LogP contribution is -2.54. The Morgan fingerprint density at radius 3 is 2.56 bits per heavy atom. The molecule has 0 unspecified atom stereocenters. The number of imide groups is 2. The number of hydrogen-bond acceptors (Lipinski definition) is 4. The molecule has 3 rings (SSSR count). The minimum Gasteiger partial charge on any atom is -0.494 e. The standard InChI is InChI=1S/C21H20N2O4/c1-3-15-9-5-6-11-18(15)23-20(25)17(19(24)22-21(23)26)13-14-8-7-10-16(12-14)27-4-2/h5-13H,3-4H2,1-2H3,(H,22,24,26)/b17-13-. The lowest BCUT2D eigenvalue weighted by Gasteiger charge is -2.28. The fourth-order valence-corrected chi connectivity index (χ4v) is 2.93. The molecule has 1 aliphatic heterocycles. The summed E-state index contributed by atoms with van der Waals surface area (Å²) in [5.41, 5.74) is 1.85. The van der Waals surface area contributed by atoms with Crippen molar-refractivity contribution in [2.45, 2.75) is 20.3 Å². The Hall–Kier alpha value is -3.41. The van der Waals surface area contributed by atoms with E-state index >= 15 is 0 Å². The fraction of sp³-hybridized carbons (Fsp3) is 0.190. The SMILES string of the molecule is CCOc1cccc(/C=C2/C(=O)NC(=O)N(c3ccccc3CC)C2=O)c1. The van der Waals surface area contributed by atoms with E-state index in [-0.39, 0.29) is 5.57 Å². The number of para-hydroxylation sites is 1. The van der Waals surface area contributed by atoms with Crippen molar-refractivity contribution >= 4 is 29.6 Å². The highest BCUT2D eigenvalue weighted by Gasteiger charge is 2.37. The predicted molar refractivity (Wildman–Crippen MR) is 102 cm³/mol. The van der Waals surface area contributed by atoms with Gasteiger partial charge < -0.3 is 4.74 Å². The maximum Gasteiger partial charge on any atom is 0.335 e. The first kappa shape index (κ1) is 18.4. The zero-order valence-electron chi connectivity index (χ0n) is 15.2. The number of rotatable bonds is 5. The summed E-state index contributed by atoms with van der Waals surface area (Å²) in [7, 11) is 0. The topological polar surface area (TPSA) is 75.7 Å². The van der Waals surface area contributed by atoms with Crippen molar-refractivity contribution in [1.82, 2.24) is 5.32 Å². The van der Waals surface area contributed by atoms with Gasteiger partial charge in [0.1, 0.15) is 11.3 Å². The van der Waals surface area contributed by atoms with E-state index in [4.69, 9.17) is 4.74 Å². The molecule has 0 bridgehead atoms. The molecule has 0 spiro atoms. The number of barbiturate groups is 1. The number of nitrogens with zero attached hydrogens (tertiary/aromatic N) is 1. The molecule has 1 heterocycles. The van der Waals surface area contributed by atoms with E-state index in [2.05, 4.69) is 5.32 Å². The van der Waals surface area contributed by atoms with Crippen molar-refractivity contribution < 1.29 is 19.1 Å². The van der Waals surface area contributed by atoms with E-state index in [1.807, 2.05) is 26.0 Å². The van der Waals surface area contributed by atoms with Crippen LogP contribution in [0.5, 0.6) is 5.75 Å². The van der Waals surface area contributed by atoms with Gasteiger partial charge in [-0.1, -0.05) is 37.3 Å². The van der Waals surface area contributed by atoms with E-state index in [1.54, 1.807) is 36.4 Å². The number of nitrogens with one attached hydrogen (secondary N) is 1. The van der Waals surface area contributed by atoms with Crippen molar-refractivity contribution in [2.75, 3.05) is 11.5 Å². The van der Waals surface area contributed by atoms with Crippen molar-refractivity contribution in [3.63, 3.8) is 0 Å². The molecule has 2 aromatic carbocycles. The first-order valence-corrected chi connectivity index (χ1v) is 8.77. The van der Waals surface area contributed by atoms with Crippen LogP contribution in [0.1, 0.15) is 25.0 Å². The molecule has 0 saturated carbocycles. The highest BCUT2D eigenvalue weighted by Crippen LogP contribution is 2.26. The average Bonchev–Trinajstić information content (AvgIpc) is 2.66. The highest BCUT2D eigenvalue weighted by atomic mass is 16.5. The monoisotopic (exact) mass is 364 g/mol. The van der Waals surface area contributed by atoms with Gasteiger partial charge in [-0.2, -0.15) is 0 Å². The Bertz CT molecular complexity index is 933. The van der Waals surface area contributed by atoms with Crippen LogP contribution < -0.4 is 15.0 Å². The number of anilines is 1. The van der Waals surface area contributed by atoms with Crippen LogP contribution in [0.3, 0.4) is 0 Å². The summed E-state index contributed by atoms with van der Waals surface area (Å²) in [4.78, 5) is 38.6. The molecule has 6 heteroatoms. The molecule has 0 atom stereocenters. The number of carbonyl (C=O) groups is 3. The molecule has 138 valence electrons. The molecule has 27 heavy (non-hydrogen) atoms. The minimum atomic E-state index is -0.744. The van der Waals surface area contributed by atoms with Gasteiger partial charge in [-0.05, 0) is 48.7 Å². The van der Waals surface area contributed by atoms with Crippen LogP contribution in [0, 0.1) is 0 Å². The zero-order chi connectivity index (χ0) is 19.4. The molecule has 4 amide bonds. The van der Waals surface area contributed by atoms with Gasteiger partial charge in [-0.15, -0.1) is 0 Å². The second kappa shape index (κ2) is 7.86. The molecule has 1 N–H and O–H groups in total. The van der Waals surface area contributed by atoms with Crippen molar-refractivity contribution in [3.05, 3.63) is 65.2 Å². The summed E-state index contributed by atoms with van der Waals surface area (Å²) in [5.74, 6) is -0.719. The van der Waals surface area contributed by atoms with Crippen LogP contribution in [0.2, 0.25) is 0 Å². The van der Waals surface area contributed by atoms with Crippen LogP contribution in [-0.4, -0.2) is 24.5 Å². The third-order valence-electron chi connectivity index (χ3n) is 4.20. The van der Waals surface area contributed by atoms with Crippen LogP contribution in [0.25, 0.3) is 6.08 Å². The van der Waals surface area contributed by atoms with Crippen molar-refractivity contribution in [2.24, 2.45) is 0 Å². The van der Waals surface area contributed by atoms with Crippen LogP contribution in [0.15, 0.2) is 54.1 Å². The Morgan fingerprint density at radius 1 is 1.04 bits per heavy atom. The van der Waals surface area contributed by atoms with Crippen molar-refractivity contribution in [1.29, 1.82) is 0 Å². The molecule has 0 aromatic heterocycles. The van der Waals surface area contributed by atoms with E-state index in [0.717, 1.165) is 10.5 Å². The third kappa shape index (κ3) is 3.74. The smallest absolute Gasteiger partial charge is 0.335 e. The lowest BCUT2D eigenvalue weighted by molar-refractivity contribution is -0.122. The highest BCUT2D eigenvalue weighted by molar-refractivity contribution is 6.39. The number of hydrogen-bond donors (Lipinski definition) is 1. The molecule has 1 fully saturated rings. The summed E-state index contributed by atoms with van der Waals surface area (Å²) in [5, 5.41) is 2.25. The van der Waals surface area contributed by atoms with Gasteiger partial charge >= 0.3 is 6.03 Å². The summed E-state index contributed by atoms with van der Waals surface area (Å²) < 4.78 is 5.45. The molecular formula is C21H20N2O4. The van der Waals surface area contributed by atoms with Gasteiger partial charge in [0.25, 0.3) is 11.8 Å². The maximum absolute atomic E-state index is 13.0. The minimum absolute atomic E-state index is 0.103. The quantitative estimate of drug-likeness (QED) is 0.652. The number of ether oxygens (including phenoxy) is 1. The van der Waals surface area contributed by atoms with Gasteiger partial charge in [-0.3, -0.25) is 14.9 Å². The van der Waals surface area contributed by atoms with Crippen LogP contribution in [0.4, 0.5) is 10.5 Å². The molecule has 1 saturated heterocycles. The van der Waals surface area contributed by atoms with E-state index < -0.39 is 17.8 Å². The first-order valence-electron chi connectivity index (χ1n) is 8.77. The fourth-order valence-electron chi connectivity index (χ4n) is 2.93. The van der Waals surface area contributed by atoms with Crippen molar-refractivity contribution in [3.8, 4) is 5.75 Å². The summed E-state index contributed by atoms with van der Waals surface area (Å²) in [6, 6.07) is 13.5. The van der Waals surface area contributed by atoms with Gasteiger partial charge in [0.2, 0.25) is 0 Å². The van der Waals surface area contributed by atoms with Crippen LogP contribution in [-0.2, 0) is 16.0 Å². The van der Waals surface area contributed by atoms with Gasteiger partial charge in [-0.25, -0.2) is 9.69 Å². The number of aryl methyl sites for hydroxylation is 1. The molecule has 0 aliphatic carbocycles. The summed E-state index contributed by atoms with van der Waals surface area (Å²) in [6.07, 6.45) is 2.12. The summed E-state index contributed by atoms with van der Waals surface area (Å²) in [6.45, 7) is 4.32. The Balaban J connectivity index is 2.01. The molecule has 1 aliphatic rings. The van der Waals surface area contributed by atoms with Gasteiger partial charge in [0.15, 0.2) is 0 Å². The second-order valence-corrected chi connectivity index (χ2v) is 5.95. The molecular weight excluding hydrogens is 344 g/mol. The third-order valence-corrected chi connectivity index (χ3v) is 4.20. The first-order chi connectivity index (χ1) is 13.0. The molecule has 6 nitrogen and oxygen atoms in total. The Kier molecular flexibility index (Phi) is 5.35. The number of amides is 4. The zero-order valence-corrected chi connectivity index (χ0v) is 15.2. The number of carbonyl (C=O) groups excluding carboxylic acids is 3. The van der Waals surface area contributed by atoms with E-state index in [9.17, 15) is 14.4 Å². The predicted octanol–water partition coefficient (Wildman–Crippen LogP) is 3.31. The van der Waals surface area contributed by atoms with E-state index in [0.29, 0.717) is 30.0 Å².